The molecule has 0 saturated carbocycles. The van der Waals surface area contributed by atoms with Crippen molar-refractivity contribution in [3.8, 4) is 0 Å². The fourth-order valence-electron chi connectivity index (χ4n) is 1.96. The van der Waals surface area contributed by atoms with Crippen LogP contribution in [0.25, 0.3) is 0 Å². The van der Waals surface area contributed by atoms with Crippen molar-refractivity contribution in [1.82, 2.24) is 4.90 Å². The number of hydrogen-bond donors (Lipinski definition) is 1. The third-order valence-corrected chi connectivity index (χ3v) is 2.94. The minimum atomic E-state index is 0.138. The van der Waals surface area contributed by atoms with E-state index in [2.05, 4.69) is 6.92 Å². The first-order chi connectivity index (χ1) is 6.61. The number of likely N-dealkylation sites (tertiary alicyclic amines) is 1. The van der Waals surface area contributed by atoms with Crippen LogP contribution in [0.15, 0.2) is 0 Å². The molecule has 0 aromatic carbocycles. The maximum Gasteiger partial charge on any atom is 0.222 e. The van der Waals surface area contributed by atoms with E-state index in [0.717, 1.165) is 25.8 Å². The molecule has 0 aromatic heterocycles. The van der Waals surface area contributed by atoms with E-state index in [1.165, 1.54) is 6.42 Å². The summed E-state index contributed by atoms with van der Waals surface area (Å²) in [5.74, 6) is 0.287. The van der Waals surface area contributed by atoms with E-state index in [1.807, 2.05) is 11.8 Å². The van der Waals surface area contributed by atoms with Crippen LogP contribution in [0.2, 0.25) is 0 Å². The first-order valence-corrected chi connectivity index (χ1v) is 5.66. The predicted molar refractivity (Wildman–Crippen MR) is 57.9 cm³/mol. The molecule has 82 valence electrons. The minimum Gasteiger partial charge on any atom is -0.340 e. The topological polar surface area (TPSA) is 46.3 Å². The molecule has 0 radical (unpaired) electrons. The van der Waals surface area contributed by atoms with Crippen LogP contribution in [-0.2, 0) is 4.79 Å². The summed E-state index contributed by atoms with van der Waals surface area (Å²) < 4.78 is 0. The number of carbonyl (C=O) groups excluding carboxylic acids is 1. The number of nitrogens with two attached hydrogens (primary N) is 1. The molecule has 3 nitrogen and oxygen atoms in total. The van der Waals surface area contributed by atoms with Gasteiger partial charge < -0.3 is 10.6 Å². The summed E-state index contributed by atoms with van der Waals surface area (Å²) in [5.41, 5.74) is 5.63. The van der Waals surface area contributed by atoms with Crippen molar-refractivity contribution in [2.24, 2.45) is 5.73 Å². The number of amides is 1. The minimum absolute atomic E-state index is 0.138. The molecule has 1 amide bonds. The highest BCUT2D eigenvalue weighted by atomic mass is 16.2. The molecule has 2 N–H and O–H groups in total. The van der Waals surface area contributed by atoms with Gasteiger partial charge in [-0.25, -0.2) is 0 Å². The summed E-state index contributed by atoms with van der Waals surface area (Å²) in [4.78, 5) is 13.8. The van der Waals surface area contributed by atoms with Gasteiger partial charge in [-0.1, -0.05) is 0 Å². The van der Waals surface area contributed by atoms with E-state index in [1.54, 1.807) is 0 Å². The lowest BCUT2D eigenvalue weighted by Crippen LogP contribution is -2.42. The normalized spacial score (nSPS) is 24.8. The van der Waals surface area contributed by atoms with Crippen molar-refractivity contribution in [2.45, 2.75) is 58.0 Å². The van der Waals surface area contributed by atoms with E-state index in [9.17, 15) is 4.79 Å². The van der Waals surface area contributed by atoms with Crippen LogP contribution in [0.3, 0.4) is 0 Å². The van der Waals surface area contributed by atoms with Crippen molar-refractivity contribution in [1.29, 1.82) is 0 Å². The molecular weight excluding hydrogens is 176 g/mol. The number of carbonyl (C=O) groups is 1. The van der Waals surface area contributed by atoms with E-state index in [0.29, 0.717) is 12.5 Å². The number of hydrogen-bond acceptors (Lipinski definition) is 2. The van der Waals surface area contributed by atoms with Gasteiger partial charge in [0.05, 0.1) is 0 Å². The van der Waals surface area contributed by atoms with Gasteiger partial charge >= 0.3 is 0 Å². The van der Waals surface area contributed by atoms with Crippen LogP contribution in [-0.4, -0.2) is 29.4 Å². The molecular formula is C11H22N2O. The summed E-state index contributed by atoms with van der Waals surface area (Å²) in [7, 11) is 0. The highest BCUT2D eigenvalue weighted by molar-refractivity contribution is 5.76. The van der Waals surface area contributed by atoms with Gasteiger partial charge in [0.25, 0.3) is 0 Å². The van der Waals surface area contributed by atoms with Crippen molar-refractivity contribution < 1.29 is 4.79 Å². The fraction of sp³-hybridized carbons (Fsp3) is 0.909. The molecule has 0 bridgehead atoms. The van der Waals surface area contributed by atoms with E-state index < -0.39 is 0 Å². The molecule has 1 fully saturated rings. The Hall–Kier alpha value is -0.570. The molecule has 1 aliphatic heterocycles. The largest absolute Gasteiger partial charge is 0.340 e. The Kier molecular flexibility index (Phi) is 4.39. The lowest BCUT2D eigenvalue weighted by atomic mass is 10.0. The summed E-state index contributed by atoms with van der Waals surface area (Å²) in [6.45, 7) is 5.04. The van der Waals surface area contributed by atoms with Crippen LogP contribution in [0, 0.1) is 0 Å². The van der Waals surface area contributed by atoms with Crippen molar-refractivity contribution in [3.05, 3.63) is 0 Å². The van der Waals surface area contributed by atoms with Crippen molar-refractivity contribution >= 4 is 5.91 Å². The zero-order valence-electron chi connectivity index (χ0n) is 9.33. The maximum absolute atomic E-state index is 11.8. The highest BCUT2D eigenvalue weighted by Crippen LogP contribution is 2.17. The molecule has 0 aromatic rings. The molecule has 0 spiro atoms. The molecule has 2 unspecified atom stereocenters. The average molecular weight is 198 g/mol. The fourth-order valence-corrected chi connectivity index (χ4v) is 1.96. The van der Waals surface area contributed by atoms with E-state index in [-0.39, 0.29) is 11.9 Å². The van der Waals surface area contributed by atoms with E-state index >= 15 is 0 Å². The SMILES string of the molecule is CC(N)CCC(=O)N1CCCCC1C. The van der Waals surface area contributed by atoms with Gasteiger partial charge in [0.1, 0.15) is 0 Å². The van der Waals surface area contributed by atoms with Crippen LogP contribution >= 0.6 is 0 Å². The molecule has 1 aliphatic rings. The molecule has 14 heavy (non-hydrogen) atoms. The second-order valence-corrected chi connectivity index (χ2v) is 4.45. The van der Waals surface area contributed by atoms with Crippen LogP contribution in [0.4, 0.5) is 0 Å². The van der Waals surface area contributed by atoms with Crippen LogP contribution < -0.4 is 5.73 Å². The van der Waals surface area contributed by atoms with Gasteiger partial charge in [-0.15, -0.1) is 0 Å². The number of nitrogens with zero attached hydrogens (tertiary/aromatic N) is 1. The summed E-state index contributed by atoms with van der Waals surface area (Å²) in [6.07, 6.45) is 5.00. The molecule has 1 rings (SSSR count). The van der Waals surface area contributed by atoms with Crippen molar-refractivity contribution in [3.63, 3.8) is 0 Å². The monoisotopic (exact) mass is 198 g/mol. The molecule has 2 atom stereocenters. The Balaban J connectivity index is 2.34. The third-order valence-electron chi connectivity index (χ3n) is 2.94. The second kappa shape index (κ2) is 5.35. The van der Waals surface area contributed by atoms with Gasteiger partial charge in [0.2, 0.25) is 5.91 Å². The Morgan fingerprint density at radius 1 is 1.57 bits per heavy atom. The highest BCUT2D eigenvalue weighted by Gasteiger charge is 2.22. The quantitative estimate of drug-likeness (QED) is 0.747. The first kappa shape index (κ1) is 11.5. The molecule has 0 aliphatic carbocycles. The zero-order valence-corrected chi connectivity index (χ0v) is 9.33. The van der Waals surface area contributed by atoms with Gasteiger partial charge in [-0.3, -0.25) is 4.79 Å². The summed E-state index contributed by atoms with van der Waals surface area (Å²) in [5, 5.41) is 0. The number of piperidine rings is 1. The van der Waals surface area contributed by atoms with Crippen LogP contribution in [0.1, 0.15) is 46.0 Å². The predicted octanol–water partition coefficient (Wildman–Crippen LogP) is 1.51. The first-order valence-electron chi connectivity index (χ1n) is 5.66. The number of rotatable bonds is 3. The second-order valence-electron chi connectivity index (χ2n) is 4.45. The van der Waals surface area contributed by atoms with Gasteiger partial charge in [-0.05, 0) is 39.5 Å². The Morgan fingerprint density at radius 3 is 2.86 bits per heavy atom. The molecule has 3 heteroatoms. The molecule has 1 saturated heterocycles. The van der Waals surface area contributed by atoms with Crippen molar-refractivity contribution in [2.75, 3.05) is 6.54 Å². The maximum atomic E-state index is 11.8. The van der Waals surface area contributed by atoms with Gasteiger partial charge in [-0.2, -0.15) is 0 Å². The summed E-state index contributed by atoms with van der Waals surface area (Å²) >= 11 is 0. The lowest BCUT2D eigenvalue weighted by Gasteiger charge is -2.33. The molecule has 1 heterocycles. The Bertz CT molecular complexity index is 192. The smallest absolute Gasteiger partial charge is 0.222 e. The lowest BCUT2D eigenvalue weighted by molar-refractivity contribution is -0.134. The Labute approximate surface area is 86.6 Å². The van der Waals surface area contributed by atoms with Crippen LogP contribution in [0.5, 0.6) is 0 Å². The van der Waals surface area contributed by atoms with Gasteiger partial charge in [0, 0.05) is 25.0 Å². The van der Waals surface area contributed by atoms with Gasteiger partial charge in [0.15, 0.2) is 0 Å². The average Bonchev–Trinajstić information content (AvgIpc) is 2.15. The van der Waals surface area contributed by atoms with E-state index in [4.69, 9.17) is 5.73 Å². The standard InChI is InChI=1S/C11H22N2O/c1-9(12)6-7-11(14)13-8-4-3-5-10(13)2/h9-10H,3-8,12H2,1-2H3. The summed E-state index contributed by atoms with van der Waals surface area (Å²) in [6, 6.07) is 0.573. The zero-order chi connectivity index (χ0) is 10.6. The Morgan fingerprint density at radius 2 is 2.29 bits per heavy atom. The third kappa shape index (κ3) is 3.29.